The standard InChI is InChI=1S/C14H14N4OS/c1-8-5-6-16-14(17-8)20-9-3-4-10-11(7-9)18(2)13(19)12(10)15/h3-7,12H,15H2,1-2H3. The summed E-state index contributed by atoms with van der Waals surface area (Å²) < 4.78 is 0. The van der Waals surface area contributed by atoms with Crippen LogP contribution in [-0.4, -0.2) is 22.9 Å². The largest absolute Gasteiger partial charge is 0.316 e. The van der Waals surface area contributed by atoms with E-state index >= 15 is 0 Å². The zero-order valence-corrected chi connectivity index (χ0v) is 12.0. The van der Waals surface area contributed by atoms with Crippen LogP contribution in [0.25, 0.3) is 0 Å². The van der Waals surface area contributed by atoms with Crippen LogP contribution in [0.4, 0.5) is 5.69 Å². The Labute approximate surface area is 121 Å². The summed E-state index contributed by atoms with van der Waals surface area (Å²) in [6, 6.07) is 7.11. The van der Waals surface area contributed by atoms with E-state index in [2.05, 4.69) is 9.97 Å². The van der Waals surface area contributed by atoms with Crippen molar-refractivity contribution in [3.8, 4) is 0 Å². The van der Waals surface area contributed by atoms with Crippen LogP contribution < -0.4 is 10.6 Å². The summed E-state index contributed by atoms with van der Waals surface area (Å²) in [5, 5.41) is 0.696. The lowest BCUT2D eigenvalue weighted by Gasteiger charge is -2.10. The molecule has 1 unspecified atom stereocenters. The van der Waals surface area contributed by atoms with Gasteiger partial charge in [0, 0.05) is 35.1 Å². The van der Waals surface area contributed by atoms with Gasteiger partial charge in [-0.15, -0.1) is 0 Å². The number of aryl methyl sites for hydroxylation is 1. The number of amides is 1. The maximum absolute atomic E-state index is 11.8. The number of nitrogens with zero attached hydrogens (tertiary/aromatic N) is 3. The topological polar surface area (TPSA) is 72.1 Å². The average Bonchev–Trinajstić information content (AvgIpc) is 2.64. The van der Waals surface area contributed by atoms with Gasteiger partial charge in [-0.1, -0.05) is 6.07 Å². The predicted molar refractivity (Wildman–Crippen MR) is 77.7 cm³/mol. The lowest BCUT2D eigenvalue weighted by Crippen LogP contribution is -2.27. The number of rotatable bonds is 2. The first-order chi connectivity index (χ1) is 9.56. The first-order valence-corrected chi connectivity index (χ1v) is 7.02. The molecule has 1 amide bonds. The van der Waals surface area contributed by atoms with Gasteiger partial charge in [0.1, 0.15) is 6.04 Å². The van der Waals surface area contributed by atoms with E-state index < -0.39 is 6.04 Å². The van der Waals surface area contributed by atoms with Crippen molar-refractivity contribution in [3.05, 3.63) is 41.7 Å². The van der Waals surface area contributed by atoms with Gasteiger partial charge in [0.15, 0.2) is 5.16 Å². The molecular weight excluding hydrogens is 272 g/mol. The minimum absolute atomic E-state index is 0.0750. The molecule has 0 radical (unpaired) electrons. The molecule has 0 saturated heterocycles. The third-order valence-electron chi connectivity index (χ3n) is 3.28. The molecule has 0 spiro atoms. The maximum atomic E-state index is 11.8. The first-order valence-electron chi connectivity index (χ1n) is 6.21. The van der Waals surface area contributed by atoms with Crippen LogP contribution in [0.2, 0.25) is 0 Å². The molecule has 1 aromatic heterocycles. The number of carbonyl (C=O) groups excluding carboxylic acids is 1. The lowest BCUT2D eigenvalue weighted by atomic mass is 10.1. The molecule has 2 heterocycles. The van der Waals surface area contributed by atoms with E-state index in [0.717, 1.165) is 21.8 Å². The summed E-state index contributed by atoms with van der Waals surface area (Å²) in [5.41, 5.74) is 8.54. The van der Waals surface area contributed by atoms with Crippen LogP contribution in [0.15, 0.2) is 40.5 Å². The van der Waals surface area contributed by atoms with Gasteiger partial charge in [-0.2, -0.15) is 0 Å². The molecule has 3 rings (SSSR count). The molecule has 2 aromatic rings. The summed E-state index contributed by atoms with van der Waals surface area (Å²) in [4.78, 5) is 23.0. The molecule has 0 aliphatic carbocycles. The third kappa shape index (κ3) is 2.17. The highest BCUT2D eigenvalue weighted by Crippen LogP contribution is 2.37. The van der Waals surface area contributed by atoms with E-state index in [-0.39, 0.29) is 5.91 Å². The summed E-state index contributed by atoms with van der Waals surface area (Å²) in [6.07, 6.45) is 1.74. The Morgan fingerprint density at radius 3 is 2.90 bits per heavy atom. The Morgan fingerprint density at radius 2 is 2.15 bits per heavy atom. The summed E-state index contributed by atoms with van der Waals surface area (Å²) >= 11 is 1.47. The SMILES string of the molecule is Cc1ccnc(Sc2ccc3c(c2)N(C)C(=O)C3N)n1. The van der Waals surface area contributed by atoms with Crippen molar-refractivity contribution < 1.29 is 4.79 Å². The van der Waals surface area contributed by atoms with Gasteiger partial charge in [-0.25, -0.2) is 9.97 Å². The summed E-state index contributed by atoms with van der Waals surface area (Å²) in [5.74, 6) is -0.0750. The van der Waals surface area contributed by atoms with Crippen molar-refractivity contribution in [2.75, 3.05) is 11.9 Å². The van der Waals surface area contributed by atoms with Crippen molar-refractivity contribution in [1.82, 2.24) is 9.97 Å². The molecule has 5 nitrogen and oxygen atoms in total. The molecule has 1 aliphatic heterocycles. The normalized spacial score (nSPS) is 17.4. The highest BCUT2D eigenvalue weighted by molar-refractivity contribution is 7.99. The van der Waals surface area contributed by atoms with Crippen LogP contribution >= 0.6 is 11.8 Å². The van der Waals surface area contributed by atoms with E-state index in [1.54, 1.807) is 18.1 Å². The Kier molecular flexibility index (Phi) is 3.19. The van der Waals surface area contributed by atoms with Crippen LogP contribution in [0.5, 0.6) is 0 Å². The van der Waals surface area contributed by atoms with Crippen LogP contribution in [-0.2, 0) is 4.79 Å². The second-order valence-electron chi connectivity index (χ2n) is 4.68. The smallest absolute Gasteiger partial charge is 0.248 e. The van der Waals surface area contributed by atoms with Crippen molar-refractivity contribution in [2.24, 2.45) is 5.73 Å². The Morgan fingerprint density at radius 1 is 1.35 bits per heavy atom. The monoisotopic (exact) mass is 286 g/mol. The predicted octanol–water partition coefficient (Wildman–Crippen LogP) is 1.91. The number of anilines is 1. The number of carbonyl (C=O) groups is 1. The number of hydrogen-bond acceptors (Lipinski definition) is 5. The number of nitrogens with two attached hydrogens (primary N) is 1. The fourth-order valence-electron chi connectivity index (χ4n) is 2.18. The van der Waals surface area contributed by atoms with Gasteiger partial charge in [0.05, 0.1) is 0 Å². The first kappa shape index (κ1) is 13.1. The summed E-state index contributed by atoms with van der Waals surface area (Å²) in [6.45, 7) is 1.93. The van der Waals surface area contributed by atoms with Gasteiger partial charge in [-0.05, 0) is 36.9 Å². The molecule has 6 heteroatoms. The molecule has 1 atom stereocenters. The number of likely N-dealkylation sites (N-methyl/N-ethyl adjacent to an activating group) is 1. The van der Waals surface area contributed by atoms with E-state index in [1.165, 1.54) is 11.8 Å². The highest BCUT2D eigenvalue weighted by atomic mass is 32.2. The van der Waals surface area contributed by atoms with Gasteiger partial charge < -0.3 is 10.6 Å². The Balaban J connectivity index is 1.92. The minimum Gasteiger partial charge on any atom is -0.316 e. The number of fused-ring (bicyclic) bond motifs is 1. The van der Waals surface area contributed by atoms with Gasteiger partial charge >= 0.3 is 0 Å². The van der Waals surface area contributed by atoms with Crippen molar-refractivity contribution in [2.45, 2.75) is 23.0 Å². The lowest BCUT2D eigenvalue weighted by molar-refractivity contribution is -0.118. The van der Waals surface area contributed by atoms with Crippen LogP contribution in [0, 0.1) is 6.92 Å². The van der Waals surface area contributed by atoms with E-state index in [0.29, 0.717) is 5.16 Å². The molecule has 102 valence electrons. The zero-order valence-electron chi connectivity index (χ0n) is 11.2. The fourth-order valence-corrected chi connectivity index (χ4v) is 3.00. The van der Waals surface area contributed by atoms with Gasteiger partial charge in [0.2, 0.25) is 5.91 Å². The second kappa shape index (κ2) is 4.88. The van der Waals surface area contributed by atoms with E-state index in [9.17, 15) is 4.79 Å². The van der Waals surface area contributed by atoms with Crippen LogP contribution in [0.1, 0.15) is 17.3 Å². The maximum Gasteiger partial charge on any atom is 0.248 e. The van der Waals surface area contributed by atoms with E-state index in [1.807, 2.05) is 31.2 Å². The zero-order chi connectivity index (χ0) is 14.3. The molecule has 1 aromatic carbocycles. The second-order valence-corrected chi connectivity index (χ2v) is 5.72. The third-order valence-corrected chi connectivity index (χ3v) is 4.15. The quantitative estimate of drug-likeness (QED) is 0.854. The fraction of sp³-hybridized carbons (Fsp3) is 0.214. The van der Waals surface area contributed by atoms with Gasteiger partial charge in [-0.3, -0.25) is 4.79 Å². The molecule has 0 saturated carbocycles. The van der Waals surface area contributed by atoms with Crippen molar-refractivity contribution in [1.29, 1.82) is 0 Å². The Bertz CT molecular complexity index is 689. The molecule has 20 heavy (non-hydrogen) atoms. The minimum atomic E-state index is -0.552. The molecular formula is C14H14N4OS. The summed E-state index contributed by atoms with van der Waals surface area (Å²) in [7, 11) is 1.74. The van der Waals surface area contributed by atoms with Crippen LogP contribution in [0.3, 0.4) is 0 Å². The van der Waals surface area contributed by atoms with E-state index in [4.69, 9.17) is 5.73 Å². The number of aromatic nitrogens is 2. The van der Waals surface area contributed by atoms with Crippen molar-refractivity contribution >= 4 is 23.4 Å². The molecule has 0 fully saturated rings. The van der Waals surface area contributed by atoms with Crippen molar-refractivity contribution in [3.63, 3.8) is 0 Å². The molecule has 0 bridgehead atoms. The average molecular weight is 286 g/mol. The number of hydrogen-bond donors (Lipinski definition) is 1. The molecule has 1 aliphatic rings. The Hall–Kier alpha value is -1.92. The van der Waals surface area contributed by atoms with Gasteiger partial charge in [0.25, 0.3) is 0 Å². The molecule has 2 N–H and O–H groups in total. The number of benzene rings is 1. The highest BCUT2D eigenvalue weighted by Gasteiger charge is 2.32.